The van der Waals surface area contributed by atoms with E-state index in [1.165, 1.54) is 0 Å². The smallest absolute Gasteiger partial charge is 0.550 e. The SMILES string of the molecule is CCCC(C)(C)C(=O)[O-].CCCC(C)(C)C(=O)[O-].[Cu+2]. The third-order valence-electron chi connectivity index (χ3n) is 2.86. The number of carbonyl (C=O) groups is 2. The van der Waals surface area contributed by atoms with Crippen molar-refractivity contribution in [1.29, 1.82) is 0 Å². The molecule has 0 aromatic carbocycles. The van der Waals surface area contributed by atoms with Crippen LogP contribution in [0.3, 0.4) is 0 Å². The van der Waals surface area contributed by atoms with E-state index < -0.39 is 22.8 Å². The van der Waals surface area contributed by atoms with E-state index in [9.17, 15) is 19.8 Å². The van der Waals surface area contributed by atoms with E-state index in [4.69, 9.17) is 0 Å². The van der Waals surface area contributed by atoms with Crippen molar-refractivity contribution in [1.82, 2.24) is 0 Å². The van der Waals surface area contributed by atoms with Crippen LogP contribution in [-0.2, 0) is 26.7 Å². The standard InChI is InChI=1S/2C7H14O2.Cu/c2*1-4-5-7(2,3)6(8)9;/h2*4-5H2,1-3H3,(H,8,9);/q;;+2/p-2. The molecule has 0 aromatic heterocycles. The molecule has 0 aliphatic carbocycles. The minimum Gasteiger partial charge on any atom is -0.550 e. The first-order valence-electron chi connectivity index (χ1n) is 6.44. The van der Waals surface area contributed by atoms with Crippen molar-refractivity contribution in [3.05, 3.63) is 0 Å². The van der Waals surface area contributed by atoms with Crippen LogP contribution < -0.4 is 10.2 Å². The Labute approximate surface area is 127 Å². The molecular formula is C14H26CuO4. The van der Waals surface area contributed by atoms with Crippen molar-refractivity contribution in [3.63, 3.8) is 0 Å². The summed E-state index contributed by atoms with van der Waals surface area (Å²) in [4.78, 5) is 20.6. The molecule has 0 bridgehead atoms. The molecule has 0 saturated heterocycles. The Bertz CT molecular complexity index is 245. The minimum atomic E-state index is -0.954. The molecule has 1 radical (unpaired) electrons. The van der Waals surface area contributed by atoms with E-state index >= 15 is 0 Å². The summed E-state index contributed by atoms with van der Waals surface area (Å²) >= 11 is 0. The van der Waals surface area contributed by atoms with Crippen molar-refractivity contribution >= 4 is 11.9 Å². The van der Waals surface area contributed by atoms with Gasteiger partial charge >= 0.3 is 17.1 Å². The summed E-state index contributed by atoms with van der Waals surface area (Å²) in [5.74, 6) is -1.91. The van der Waals surface area contributed by atoms with Gasteiger partial charge in [-0.1, -0.05) is 54.4 Å². The fourth-order valence-electron chi connectivity index (χ4n) is 1.45. The third kappa shape index (κ3) is 11.0. The van der Waals surface area contributed by atoms with Gasteiger partial charge in [-0.05, 0) is 12.8 Å². The van der Waals surface area contributed by atoms with E-state index in [1.807, 2.05) is 13.8 Å². The number of hydrogen-bond donors (Lipinski definition) is 0. The third-order valence-corrected chi connectivity index (χ3v) is 2.86. The molecule has 0 fully saturated rings. The van der Waals surface area contributed by atoms with Crippen LogP contribution in [0.15, 0.2) is 0 Å². The Kier molecular flexibility index (Phi) is 12.7. The fraction of sp³-hybridized carbons (Fsp3) is 0.857. The van der Waals surface area contributed by atoms with Crippen molar-refractivity contribution in [2.45, 2.75) is 67.2 Å². The second-order valence-electron chi connectivity index (χ2n) is 5.84. The van der Waals surface area contributed by atoms with E-state index in [1.54, 1.807) is 27.7 Å². The number of carboxylic acids is 2. The molecule has 4 nitrogen and oxygen atoms in total. The van der Waals surface area contributed by atoms with Gasteiger partial charge in [-0.3, -0.25) is 0 Å². The van der Waals surface area contributed by atoms with Crippen LogP contribution >= 0.6 is 0 Å². The van der Waals surface area contributed by atoms with Crippen LogP contribution in [0, 0.1) is 10.8 Å². The van der Waals surface area contributed by atoms with Crippen LogP contribution in [0.2, 0.25) is 0 Å². The molecule has 5 heteroatoms. The van der Waals surface area contributed by atoms with Gasteiger partial charge in [0.25, 0.3) is 0 Å². The molecule has 0 amide bonds. The van der Waals surface area contributed by atoms with E-state index in [0.29, 0.717) is 12.8 Å². The van der Waals surface area contributed by atoms with Gasteiger partial charge < -0.3 is 19.8 Å². The summed E-state index contributed by atoms with van der Waals surface area (Å²) in [6.45, 7) is 10.7. The summed E-state index contributed by atoms with van der Waals surface area (Å²) in [6, 6.07) is 0. The van der Waals surface area contributed by atoms with Crippen molar-refractivity contribution in [3.8, 4) is 0 Å². The van der Waals surface area contributed by atoms with Gasteiger partial charge in [-0.15, -0.1) is 0 Å². The molecule has 19 heavy (non-hydrogen) atoms. The van der Waals surface area contributed by atoms with Gasteiger partial charge in [0.2, 0.25) is 0 Å². The molecular weight excluding hydrogens is 296 g/mol. The maximum atomic E-state index is 10.3. The number of rotatable bonds is 6. The molecule has 0 N–H and O–H groups in total. The summed E-state index contributed by atoms with van der Waals surface area (Å²) in [6.07, 6.45) is 3.16. The number of carboxylic acid groups (broad SMARTS) is 2. The largest absolute Gasteiger partial charge is 2.00 e. The fourth-order valence-corrected chi connectivity index (χ4v) is 1.45. The summed E-state index contributed by atoms with van der Waals surface area (Å²) in [7, 11) is 0. The van der Waals surface area contributed by atoms with Gasteiger partial charge in [-0.25, -0.2) is 0 Å². The normalized spacial score (nSPS) is 10.8. The second kappa shape index (κ2) is 10.3. The van der Waals surface area contributed by atoms with Gasteiger partial charge in [-0.2, -0.15) is 0 Å². The van der Waals surface area contributed by atoms with Gasteiger partial charge in [0.1, 0.15) is 0 Å². The Hall–Kier alpha value is -0.541. The minimum absolute atomic E-state index is 0. The molecule has 0 spiro atoms. The molecule has 117 valence electrons. The average Bonchev–Trinajstić information content (AvgIpc) is 2.17. The van der Waals surface area contributed by atoms with Crippen molar-refractivity contribution < 1.29 is 36.9 Å². The Morgan fingerprint density at radius 3 is 1.05 bits per heavy atom. The zero-order chi connectivity index (χ0) is 15.0. The van der Waals surface area contributed by atoms with Crippen molar-refractivity contribution in [2.75, 3.05) is 0 Å². The zero-order valence-electron chi connectivity index (χ0n) is 12.8. The zero-order valence-corrected chi connectivity index (χ0v) is 13.7. The van der Waals surface area contributed by atoms with Crippen LogP contribution in [-0.4, -0.2) is 11.9 Å². The first-order valence-corrected chi connectivity index (χ1v) is 6.44. The first kappa shape index (κ1) is 23.5. The van der Waals surface area contributed by atoms with Crippen LogP contribution in [0.1, 0.15) is 67.2 Å². The molecule has 0 rings (SSSR count). The van der Waals surface area contributed by atoms with Crippen LogP contribution in [0.4, 0.5) is 0 Å². The molecule has 0 aliphatic rings. The topological polar surface area (TPSA) is 80.3 Å². The monoisotopic (exact) mass is 321 g/mol. The predicted octanol–water partition coefficient (Wildman–Crippen LogP) is 1.12. The number of aliphatic carboxylic acids is 2. The van der Waals surface area contributed by atoms with E-state index in [-0.39, 0.29) is 17.1 Å². The summed E-state index contributed by atoms with van der Waals surface area (Å²) in [5, 5.41) is 20.6. The van der Waals surface area contributed by atoms with Gasteiger partial charge in [0.05, 0.1) is 0 Å². The van der Waals surface area contributed by atoms with E-state index in [2.05, 4.69) is 0 Å². The average molecular weight is 322 g/mol. The summed E-state index contributed by atoms with van der Waals surface area (Å²) < 4.78 is 0. The molecule has 0 heterocycles. The Balaban J connectivity index is -0.000000256. The van der Waals surface area contributed by atoms with Gasteiger partial charge in [0.15, 0.2) is 0 Å². The molecule has 0 atom stereocenters. The maximum absolute atomic E-state index is 10.3. The Morgan fingerprint density at radius 2 is 1.00 bits per heavy atom. The van der Waals surface area contributed by atoms with Crippen LogP contribution in [0.5, 0.6) is 0 Å². The number of carbonyl (C=O) groups excluding carboxylic acids is 2. The van der Waals surface area contributed by atoms with Gasteiger partial charge in [0, 0.05) is 22.8 Å². The van der Waals surface area contributed by atoms with Crippen molar-refractivity contribution in [2.24, 2.45) is 10.8 Å². The maximum Gasteiger partial charge on any atom is 2.00 e. The second-order valence-corrected chi connectivity index (χ2v) is 5.84. The molecule has 0 unspecified atom stereocenters. The quantitative estimate of drug-likeness (QED) is 0.687. The van der Waals surface area contributed by atoms with E-state index in [0.717, 1.165) is 12.8 Å². The molecule has 0 aromatic rings. The first-order chi connectivity index (χ1) is 8.01. The number of hydrogen-bond acceptors (Lipinski definition) is 4. The Morgan fingerprint density at radius 1 is 0.789 bits per heavy atom. The predicted molar refractivity (Wildman–Crippen MR) is 67.4 cm³/mol. The molecule has 0 saturated carbocycles. The molecule has 0 aliphatic heterocycles. The summed E-state index contributed by atoms with van der Waals surface area (Å²) in [5.41, 5.74) is -1.29. The van der Waals surface area contributed by atoms with Crippen LogP contribution in [0.25, 0.3) is 0 Å².